The molecule has 0 fully saturated rings. The zero-order valence-electron chi connectivity index (χ0n) is 13.8. The maximum atomic E-state index is 4.17. The Bertz CT molecular complexity index is 848. The van der Waals surface area contributed by atoms with Gasteiger partial charge >= 0.3 is 0 Å². The summed E-state index contributed by atoms with van der Waals surface area (Å²) in [7, 11) is 0. The number of anilines is 2. The Morgan fingerprint density at radius 2 is 1.00 bits per heavy atom. The lowest BCUT2D eigenvalue weighted by molar-refractivity contribution is 1.33. The molecule has 1 N–H and O–H groups in total. The molecule has 0 saturated carbocycles. The first-order valence-corrected chi connectivity index (χ1v) is 8.31. The summed E-state index contributed by atoms with van der Waals surface area (Å²) in [6.07, 6.45) is 3.67. The number of rotatable bonds is 4. The van der Waals surface area contributed by atoms with Crippen LogP contribution in [0.15, 0.2) is 103 Å². The molecule has 0 atom stereocenters. The fourth-order valence-corrected chi connectivity index (χ4v) is 2.82. The Balaban J connectivity index is 1.49. The van der Waals surface area contributed by atoms with E-state index in [1.807, 2.05) is 18.3 Å². The standard InChI is InChI=1S/C23H18N2/c1-2-5-18(6-3-1)19-8-12-22(13-9-19)25-23-14-10-20(11-15-23)21-7-4-16-24-17-21/h1-17,25H. The number of benzene rings is 3. The van der Waals surface area contributed by atoms with Crippen molar-refractivity contribution in [1.29, 1.82) is 0 Å². The minimum atomic E-state index is 1.07. The molecule has 0 unspecified atom stereocenters. The topological polar surface area (TPSA) is 24.9 Å². The van der Waals surface area contributed by atoms with Crippen molar-refractivity contribution in [2.45, 2.75) is 0 Å². The van der Waals surface area contributed by atoms with Crippen LogP contribution in [0.25, 0.3) is 22.3 Å². The quantitative estimate of drug-likeness (QED) is 0.487. The summed E-state index contributed by atoms with van der Waals surface area (Å²) in [5, 5.41) is 3.45. The summed E-state index contributed by atoms with van der Waals surface area (Å²) >= 11 is 0. The molecule has 120 valence electrons. The summed E-state index contributed by atoms with van der Waals surface area (Å²) < 4.78 is 0. The third-order valence-corrected chi connectivity index (χ3v) is 4.16. The average molecular weight is 322 g/mol. The highest BCUT2D eigenvalue weighted by Gasteiger charge is 2.00. The summed E-state index contributed by atoms with van der Waals surface area (Å²) in [6, 6.07) is 31.3. The number of nitrogens with one attached hydrogen (secondary N) is 1. The zero-order chi connectivity index (χ0) is 16.9. The maximum Gasteiger partial charge on any atom is 0.0384 e. The van der Waals surface area contributed by atoms with Gasteiger partial charge < -0.3 is 5.32 Å². The predicted molar refractivity (Wildman–Crippen MR) is 105 cm³/mol. The summed E-state index contributed by atoms with van der Waals surface area (Å²) in [5.74, 6) is 0. The number of hydrogen-bond acceptors (Lipinski definition) is 2. The first-order chi connectivity index (χ1) is 12.4. The van der Waals surface area contributed by atoms with Crippen molar-refractivity contribution in [3.05, 3.63) is 103 Å². The van der Waals surface area contributed by atoms with Gasteiger partial charge in [0.25, 0.3) is 0 Å². The molecule has 2 nitrogen and oxygen atoms in total. The van der Waals surface area contributed by atoms with Gasteiger partial charge in [0.1, 0.15) is 0 Å². The van der Waals surface area contributed by atoms with E-state index in [0.717, 1.165) is 22.5 Å². The molecule has 25 heavy (non-hydrogen) atoms. The van der Waals surface area contributed by atoms with Crippen LogP contribution >= 0.6 is 0 Å². The number of pyridine rings is 1. The first-order valence-electron chi connectivity index (χ1n) is 8.31. The van der Waals surface area contributed by atoms with E-state index >= 15 is 0 Å². The van der Waals surface area contributed by atoms with Crippen molar-refractivity contribution < 1.29 is 0 Å². The van der Waals surface area contributed by atoms with Crippen molar-refractivity contribution in [2.75, 3.05) is 5.32 Å². The molecular weight excluding hydrogens is 304 g/mol. The smallest absolute Gasteiger partial charge is 0.0384 e. The van der Waals surface area contributed by atoms with Gasteiger partial charge in [-0.15, -0.1) is 0 Å². The van der Waals surface area contributed by atoms with Gasteiger partial charge in [0.05, 0.1) is 0 Å². The molecule has 0 aliphatic heterocycles. The Labute approximate surface area is 147 Å². The molecule has 1 heterocycles. The lowest BCUT2D eigenvalue weighted by Crippen LogP contribution is -1.90. The molecule has 2 heteroatoms. The van der Waals surface area contributed by atoms with Crippen LogP contribution in [0, 0.1) is 0 Å². The number of aromatic nitrogens is 1. The van der Waals surface area contributed by atoms with Crippen molar-refractivity contribution in [3.8, 4) is 22.3 Å². The third kappa shape index (κ3) is 3.59. The molecule has 0 radical (unpaired) electrons. The van der Waals surface area contributed by atoms with Gasteiger partial charge in [-0.25, -0.2) is 0 Å². The predicted octanol–water partition coefficient (Wildman–Crippen LogP) is 6.16. The zero-order valence-corrected chi connectivity index (χ0v) is 13.8. The summed E-state index contributed by atoms with van der Waals surface area (Å²) in [6.45, 7) is 0. The van der Waals surface area contributed by atoms with E-state index in [9.17, 15) is 0 Å². The van der Waals surface area contributed by atoms with Gasteiger partial charge in [-0.2, -0.15) is 0 Å². The SMILES string of the molecule is c1ccc(-c2ccc(Nc3ccc(-c4cccnc4)cc3)cc2)cc1. The second-order valence-corrected chi connectivity index (χ2v) is 5.89. The molecule has 0 amide bonds. The largest absolute Gasteiger partial charge is 0.356 e. The molecule has 0 aliphatic carbocycles. The number of hydrogen-bond donors (Lipinski definition) is 1. The third-order valence-electron chi connectivity index (χ3n) is 4.16. The highest BCUT2D eigenvalue weighted by molar-refractivity contribution is 5.70. The van der Waals surface area contributed by atoms with Crippen LogP contribution in [0.4, 0.5) is 11.4 Å². The Morgan fingerprint density at radius 1 is 0.480 bits per heavy atom. The van der Waals surface area contributed by atoms with Crippen molar-refractivity contribution >= 4 is 11.4 Å². The second kappa shape index (κ2) is 7.02. The van der Waals surface area contributed by atoms with E-state index in [0.29, 0.717) is 0 Å². The average Bonchev–Trinajstić information content (AvgIpc) is 2.71. The Kier molecular flexibility index (Phi) is 4.25. The first kappa shape index (κ1) is 15.2. The fraction of sp³-hybridized carbons (Fsp3) is 0. The molecule has 3 aromatic carbocycles. The second-order valence-electron chi connectivity index (χ2n) is 5.89. The number of nitrogens with zero attached hydrogens (tertiary/aromatic N) is 1. The normalized spacial score (nSPS) is 10.4. The van der Waals surface area contributed by atoms with Crippen molar-refractivity contribution in [3.63, 3.8) is 0 Å². The summed E-state index contributed by atoms with van der Waals surface area (Å²) in [5.41, 5.74) is 6.89. The van der Waals surface area contributed by atoms with Crippen LogP contribution in [0.3, 0.4) is 0 Å². The van der Waals surface area contributed by atoms with E-state index in [4.69, 9.17) is 0 Å². The van der Waals surface area contributed by atoms with Crippen molar-refractivity contribution in [1.82, 2.24) is 4.98 Å². The van der Waals surface area contributed by atoms with E-state index in [1.54, 1.807) is 6.20 Å². The maximum absolute atomic E-state index is 4.17. The van der Waals surface area contributed by atoms with Crippen LogP contribution in [0.5, 0.6) is 0 Å². The van der Waals surface area contributed by atoms with Crippen LogP contribution in [0.1, 0.15) is 0 Å². The fourth-order valence-electron chi connectivity index (χ4n) is 2.82. The van der Waals surface area contributed by atoms with E-state index < -0.39 is 0 Å². The van der Waals surface area contributed by atoms with Crippen molar-refractivity contribution in [2.24, 2.45) is 0 Å². The Morgan fingerprint density at radius 3 is 1.56 bits per heavy atom. The van der Waals surface area contributed by atoms with Crippen LogP contribution in [-0.4, -0.2) is 4.98 Å². The monoisotopic (exact) mass is 322 g/mol. The summed E-state index contributed by atoms with van der Waals surface area (Å²) in [4.78, 5) is 4.17. The van der Waals surface area contributed by atoms with Gasteiger partial charge in [-0.3, -0.25) is 4.98 Å². The molecular formula is C23H18N2. The van der Waals surface area contributed by atoms with E-state index in [2.05, 4.69) is 89.2 Å². The van der Waals surface area contributed by atoms with Gasteiger partial charge in [-0.1, -0.05) is 60.7 Å². The van der Waals surface area contributed by atoms with Crippen LogP contribution < -0.4 is 5.32 Å². The van der Waals surface area contributed by atoms with Gasteiger partial charge in [0.2, 0.25) is 0 Å². The highest BCUT2D eigenvalue weighted by atomic mass is 14.9. The Hall–Kier alpha value is -3.39. The molecule has 0 spiro atoms. The lowest BCUT2D eigenvalue weighted by atomic mass is 10.1. The molecule has 4 rings (SSSR count). The minimum absolute atomic E-state index is 1.07. The van der Waals surface area contributed by atoms with Gasteiger partial charge in [-0.05, 0) is 52.6 Å². The van der Waals surface area contributed by atoms with E-state index in [-0.39, 0.29) is 0 Å². The molecule has 4 aromatic rings. The van der Waals surface area contributed by atoms with E-state index in [1.165, 1.54) is 11.1 Å². The molecule has 0 saturated heterocycles. The minimum Gasteiger partial charge on any atom is -0.356 e. The van der Waals surface area contributed by atoms with Gasteiger partial charge in [0.15, 0.2) is 0 Å². The molecule has 0 bridgehead atoms. The van der Waals surface area contributed by atoms with Gasteiger partial charge in [0, 0.05) is 23.8 Å². The molecule has 0 aliphatic rings. The molecule has 1 aromatic heterocycles. The lowest BCUT2D eigenvalue weighted by Gasteiger charge is -2.09. The highest BCUT2D eigenvalue weighted by Crippen LogP contribution is 2.25. The van der Waals surface area contributed by atoms with Crippen LogP contribution in [0.2, 0.25) is 0 Å². The van der Waals surface area contributed by atoms with Crippen LogP contribution in [-0.2, 0) is 0 Å².